The number of Topliss-reactive ketones (excluding diaryl/α,β-unsaturated/α-hetero) is 1. The molecule has 0 heterocycles. The van der Waals surface area contributed by atoms with E-state index in [9.17, 15) is 10.1 Å². The van der Waals surface area contributed by atoms with Crippen molar-refractivity contribution in [3.8, 4) is 6.07 Å². The summed E-state index contributed by atoms with van der Waals surface area (Å²) in [5, 5.41) is 9.36. The fraction of sp³-hybridized carbons (Fsp3) is 0.500. The van der Waals surface area contributed by atoms with Crippen molar-refractivity contribution >= 4 is 5.78 Å². The standard InChI is InChI=1S/C16H17NO/c1-10(18)11-2-4-12(5-3-11)16-14-7-6-13(8-14)15(16)9-17/h2-5,13-16H,6-8H2,1H3/t13-,14+,15+,16-/m0/s1. The Hall–Kier alpha value is -1.62. The van der Waals surface area contributed by atoms with E-state index in [1.54, 1.807) is 6.92 Å². The number of nitriles is 1. The summed E-state index contributed by atoms with van der Waals surface area (Å²) in [6, 6.07) is 10.4. The number of hydrogen-bond acceptors (Lipinski definition) is 2. The van der Waals surface area contributed by atoms with Crippen molar-refractivity contribution < 1.29 is 4.79 Å². The molecule has 2 aliphatic rings. The maximum absolute atomic E-state index is 11.3. The lowest BCUT2D eigenvalue weighted by Gasteiger charge is -2.26. The lowest BCUT2D eigenvalue weighted by Crippen LogP contribution is -2.19. The van der Waals surface area contributed by atoms with Crippen molar-refractivity contribution in [1.82, 2.24) is 0 Å². The number of benzene rings is 1. The molecule has 0 aromatic heterocycles. The average molecular weight is 239 g/mol. The van der Waals surface area contributed by atoms with Crippen LogP contribution in [0, 0.1) is 29.1 Å². The molecule has 0 spiro atoms. The summed E-state index contributed by atoms with van der Waals surface area (Å²) in [7, 11) is 0. The van der Waals surface area contributed by atoms with E-state index in [1.165, 1.54) is 24.8 Å². The topological polar surface area (TPSA) is 40.9 Å². The van der Waals surface area contributed by atoms with Crippen molar-refractivity contribution in [2.24, 2.45) is 17.8 Å². The molecule has 2 saturated carbocycles. The van der Waals surface area contributed by atoms with Crippen LogP contribution < -0.4 is 0 Å². The fourth-order valence-corrected chi connectivity index (χ4v) is 3.90. The fourth-order valence-electron chi connectivity index (χ4n) is 3.90. The van der Waals surface area contributed by atoms with Gasteiger partial charge in [0.1, 0.15) is 0 Å². The molecule has 2 fully saturated rings. The summed E-state index contributed by atoms with van der Waals surface area (Å²) in [6.07, 6.45) is 3.71. The zero-order valence-corrected chi connectivity index (χ0v) is 10.6. The Morgan fingerprint density at radius 2 is 1.89 bits per heavy atom. The second kappa shape index (κ2) is 4.24. The van der Waals surface area contributed by atoms with E-state index >= 15 is 0 Å². The second-order valence-corrected chi connectivity index (χ2v) is 5.69. The van der Waals surface area contributed by atoms with Gasteiger partial charge in [0.2, 0.25) is 0 Å². The van der Waals surface area contributed by atoms with Crippen molar-refractivity contribution in [2.75, 3.05) is 0 Å². The van der Waals surface area contributed by atoms with Gasteiger partial charge < -0.3 is 0 Å². The molecule has 2 nitrogen and oxygen atoms in total. The first-order valence-electron chi connectivity index (χ1n) is 6.71. The summed E-state index contributed by atoms with van der Waals surface area (Å²) >= 11 is 0. The number of hydrogen-bond donors (Lipinski definition) is 0. The largest absolute Gasteiger partial charge is 0.295 e. The van der Waals surface area contributed by atoms with E-state index in [0.29, 0.717) is 17.8 Å². The van der Waals surface area contributed by atoms with Gasteiger partial charge in [-0.3, -0.25) is 4.79 Å². The Morgan fingerprint density at radius 1 is 1.22 bits per heavy atom. The van der Waals surface area contributed by atoms with Gasteiger partial charge >= 0.3 is 0 Å². The van der Waals surface area contributed by atoms with Gasteiger partial charge in [-0.25, -0.2) is 0 Å². The van der Waals surface area contributed by atoms with Gasteiger partial charge in [-0.05, 0) is 43.6 Å². The first-order chi connectivity index (χ1) is 8.70. The van der Waals surface area contributed by atoms with Gasteiger partial charge in [0.25, 0.3) is 0 Å². The molecule has 0 N–H and O–H groups in total. The first-order valence-corrected chi connectivity index (χ1v) is 6.71. The zero-order chi connectivity index (χ0) is 12.7. The number of nitrogens with zero attached hydrogens (tertiary/aromatic N) is 1. The summed E-state index contributed by atoms with van der Waals surface area (Å²) in [5.41, 5.74) is 2.01. The van der Waals surface area contributed by atoms with Crippen LogP contribution in [0.5, 0.6) is 0 Å². The summed E-state index contributed by atoms with van der Waals surface area (Å²) in [5.74, 6) is 1.98. The van der Waals surface area contributed by atoms with Crippen LogP contribution in [0.25, 0.3) is 0 Å². The molecule has 0 aliphatic heterocycles. The minimum absolute atomic E-state index is 0.103. The van der Waals surface area contributed by atoms with Crippen LogP contribution in [0.15, 0.2) is 24.3 Å². The molecular weight excluding hydrogens is 222 g/mol. The third-order valence-corrected chi connectivity index (χ3v) is 4.77. The van der Waals surface area contributed by atoms with Crippen molar-refractivity contribution in [1.29, 1.82) is 5.26 Å². The van der Waals surface area contributed by atoms with E-state index in [0.717, 1.165) is 5.56 Å². The van der Waals surface area contributed by atoms with E-state index in [1.807, 2.05) is 24.3 Å². The molecule has 0 amide bonds. The molecule has 2 aliphatic carbocycles. The highest BCUT2D eigenvalue weighted by Gasteiger charge is 2.48. The van der Waals surface area contributed by atoms with Crippen LogP contribution in [0.4, 0.5) is 0 Å². The molecule has 2 heteroatoms. The molecule has 0 saturated heterocycles. The monoisotopic (exact) mass is 239 g/mol. The molecular formula is C16H17NO. The van der Waals surface area contributed by atoms with Crippen molar-refractivity contribution in [3.63, 3.8) is 0 Å². The van der Waals surface area contributed by atoms with Crippen molar-refractivity contribution in [2.45, 2.75) is 32.1 Å². The first kappa shape index (κ1) is 11.5. The zero-order valence-electron chi connectivity index (χ0n) is 10.6. The van der Waals surface area contributed by atoms with Crippen LogP contribution in [0.1, 0.15) is 48.0 Å². The maximum atomic E-state index is 11.3. The molecule has 0 unspecified atom stereocenters. The highest BCUT2D eigenvalue weighted by Crippen LogP contribution is 2.56. The van der Waals surface area contributed by atoms with Gasteiger partial charge in [-0.1, -0.05) is 24.3 Å². The normalized spacial score (nSPS) is 33.3. The van der Waals surface area contributed by atoms with E-state index in [-0.39, 0.29) is 11.7 Å². The third-order valence-electron chi connectivity index (χ3n) is 4.77. The van der Waals surface area contributed by atoms with Gasteiger partial charge in [-0.2, -0.15) is 5.26 Å². The summed E-state index contributed by atoms with van der Waals surface area (Å²) in [6.45, 7) is 1.59. The Labute approximate surface area is 108 Å². The molecule has 4 atom stereocenters. The maximum Gasteiger partial charge on any atom is 0.159 e. The lowest BCUT2D eigenvalue weighted by atomic mass is 9.76. The molecule has 0 radical (unpaired) electrons. The minimum atomic E-state index is 0.103. The summed E-state index contributed by atoms with van der Waals surface area (Å²) < 4.78 is 0. The number of rotatable bonds is 2. The van der Waals surface area contributed by atoms with E-state index in [4.69, 9.17) is 0 Å². The molecule has 3 rings (SSSR count). The number of ketones is 1. The Bertz CT molecular complexity index is 511. The average Bonchev–Trinajstić information content (AvgIpc) is 2.98. The van der Waals surface area contributed by atoms with Gasteiger partial charge in [0, 0.05) is 11.5 Å². The molecule has 1 aromatic rings. The lowest BCUT2D eigenvalue weighted by molar-refractivity contribution is 0.101. The Kier molecular flexibility index (Phi) is 2.70. The van der Waals surface area contributed by atoms with Gasteiger partial charge in [0.05, 0.1) is 12.0 Å². The van der Waals surface area contributed by atoms with Crippen LogP contribution >= 0.6 is 0 Å². The highest BCUT2D eigenvalue weighted by atomic mass is 16.1. The highest BCUT2D eigenvalue weighted by molar-refractivity contribution is 5.94. The van der Waals surface area contributed by atoms with Gasteiger partial charge in [-0.15, -0.1) is 0 Å². The SMILES string of the molecule is CC(=O)c1ccc([C@H]2[C@@H]3CC[C@@H](C3)[C@H]2C#N)cc1. The minimum Gasteiger partial charge on any atom is -0.295 e. The van der Waals surface area contributed by atoms with Crippen LogP contribution in [0.3, 0.4) is 0 Å². The van der Waals surface area contributed by atoms with Gasteiger partial charge in [0.15, 0.2) is 5.78 Å². The predicted octanol–water partition coefficient (Wildman–Crippen LogP) is 3.54. The quantitative estimate of drug-likeness (QED) is 0.740. The summed E-state index contributed by atoms with van der Waals surface area (Å²) in [4.78, 5) is 11.3. The Morgan fingerprint density at radius 3 is 2.50 bits per heavy atom. The number of fused-ring (bicyclic) bond motifs is 2. The Balaban J connectivity index is 1.90. The molecule has 92 valence electrons. The second-order valence-electron chi connectivity index (χ2n) is 5.69. The third kappa shape index (κ3) is 1.66. The van der Waals surface area contributed by atoms with Crippen LogP contribution in [0.2, 0.25) is 0 Å². The predicted molar refractivity (Wildman–Crippen MR) is 69.1 cm³/mol. The van der Waals surface area contributed by atoms with Crippen LogP contribution in [-0.2, 0) is 0 Å². The van der Waals surface area contributed by atoms with E-state index in [2.05, 4.69) is 6.07 Å². The molecule has 2 bridgehead atoms. The molecule has 1 aromatic carbocycles. The van der Waals surface area contributed by atoms with E-state index < -0.39 is 0 Å². The number of carbonyl (C=O) groups excluding carboxylic acids is 1. The van der Waals surface area contributed by atoms with Crippen LogP contribution in [-0.4, -0.2) is 5.78 Å². The number of carbonyl (C=O) groups is 1. The van der Waals surface area contributed by atoms with Crippen molar-refractivity contribution in [3.05, 3.63) is 35.4 Å². The smallest absolute Gasteiger partial charge is 0.159 e. The molecule has 18 heavy (non-hydrogen) atoms.